The third-order valence-electron chi connectivity index (χ3n) is 4.23. The maximum atomic E-state index is 3.51. The molecule has 0 radical (unpaired) electrons. The zero-order valence-electron chi connectivity index (χ0n) is 12.8. The average molecular weight is 438 g/mol. The van der Waals surface area contributed by atoms with E-state index in [0.29, 0.717) is 0 Å². The maximum Gasteiger partial charge on any atom is 0.0175 e. The first kappa shape index (κ1) is 15.6. The van der Waals surface area contributed by atoms with Crippen molar-refractivity contribution in [3.05, 3.63) is 93.9 Å². The van der Waals surface area contributed by atoms with E-state index in [1.54, 1.807) is 0 Å². The molecule has 0 heterocycles. The zero-order chi connectivity index (χ0) is 16.5. The molecule has 4 rings (SSSR count). The summed E-state index contributed by atoms with van der Waals surface area (Å²) in [7, 11) is 0. The second kappa shape index (κ2) is 6.54. The summed E-state index contributed by atoms with van der Waals surface area (Å²) in [4.78, 5) is 0. The van der Waals surface area contributed by atoms with Gasteiger partial charge in [-0.3, -0.25) is 0 Å². The van der Waals surface area contributed by atoms with Gasteiger partial charge in [0.05, 0.1) is 0 Å². The maximum absolute atomic E-state index is 3.51. The third-order valence-corrected chi connectivity index (χ3v) is 5.29. The van der Waals surface area contributed by atoms with Crippen molar-refractivity contribution in [3.63, 3.8) is 0 Å². The summed E-state index contributed by atoms with van der Waals surface area (Å²) in [6.07, 6.45) is 0. The molecule has 0 unspecified atom stereocenters. The lowest BCUT2D eigenvalue weighted by Crippen LogP contribution is -1.86. The Hall–Kier alpha value is -1.90. The first-order valence-corrected chi connectivity index (χ1v) is 9.34. The Labute approximate surface area is 158 Å². The molecule has 0 bridgehead atoms. The Bertz CT molecular complexity index is 916. The Morgan fingerprint density at radius 3 is 1.17 bits per heavy atom. The number of rotatable bonds is 2. The SMILES string of the molecule is Brc1ccc(-c2ccc(-c3ccc(Br)cc3)c3ccccc23)cc1. The zero-order valence-corrected chi connectivity index (χ0v) is 16.0. The van der Waals surface area contributed by atoms with Crippen LogP contribution in [0.3, 0.4) is 0 Å². The lowest BCUT2D eigenvalue weighted by Gasteiger charge is -2.12. The van der Waals surface area contributed by atoms with Gasteiger partial charge in [0.2, 0.25) is 0 Å². The van der Waals surface area contributed by atoms with Gasteiger partial charge in [-0.1, -0.05) is 92.5 Å². The van der Waals surface area contributed by atoms with Crippen molar-refractivity contribution in [1.82, 2.24) is 0 Å². The molecule has 0 aliphatic heterocycles. The van der Waals surface area contributed by atoms with Gasteiger partial charge in [-0.2, -0.15) is 0 Å². The molecule has 2 heteroatoms. The van der Waals surface area contributed by atoms with Crippen LogP contribution in [0.2, 0.25) is 0 Å². The lowest BCUT2D eigenvalue weighted by atomic mass is 9.92. The highest BCUT2D eigenvalue weighted by molar-refractivity contribution is 9.10. The van der Waals surface area contributed by atoms with E-state index in [1.165, 1.54) is 33.0 Å². The standard InChI is InChI=1S/C22H14Br2/c23-17-9-5-15(6-10-17)19-13-14-20(16-7-11-18(24)12-8-16)22-4-2-1-3-21(19)22/h1-14H. The van der Waals surface area contributed by atoms with Gasteiger partial charge in [0, 0.05) is 8.95 Å². The molecule has 0 aliphatic rings. The predicted molar refractivity (Wildman–Crippen MR) is 110 cm³/mol. The van der Waals surface area contributed by atoms with Crippen LogP contribution in [0, 0.1) is 0 Å². The van der Waals surface area contributed by atoms with Gasteiger partial charge in [0.25, 0.3) is 0 Å². The minimum Gasteiger partial charge on any atom is -0.0616 e. The van der Waals surface area contributed by atoms with Gasteiger partial charge in [-0.25, -0.2) is 0 Å². The van der Waals surface area contributed by atoms with Crippen LogP contribution in [0.4, 0.5) is 0 Å². The number of halogens is 2. The van der Waals surface area contributed by atoms with E-state index in [1.807, 2.05) is 0 Å². The number of benzene rings is 4. The summed E-state index contributed by atoms with van der Waals surface area (Å²) in [6.45, 7) is 0. The molecule has 0 saturated carbocycles. The van der Waals surface area contributed by atoms with E-state index in [2.05, 4.69) is 117 Å². The Morgan fingerprint density at radius 1 is 0.417 bits per heavy atom. The fraction of sp³-hybridized carbons (Fsp3) is 0. The first-order valence-electron chi connectivity index (χ1n) is 7.76. The third kappa shape index (κ3) is 2.92. The number of fused-ring (bicyclic) bond motifs is 1. The first-order chi connectivity index (χ1) is 11.7. The van der Waals surface area contributed by atoms with Crippen molar-refractivity contribution >= 4 is 42.6 Å². The van der Waals surface area contributed by atoms with Crippen molar-refractivity contribution in [2.75, 3.05) is 0 Å². The molecule has 0 aliphatic carbocycles. The van der Waals surface area contributed by atoms with Crippen LogP contribution in [-0.2, 0) is 0 Å². The van der Waals surface area contributed by atoms with Crippen LogP contribution in [0.25, 0.3) is 33.0 Å². The largest absolute Gasteiger partial charge is 0.0616 e. The summed E-state index contributed by atoms with van der Waals surface area (Å²) in [5, 5.41) is 2.56. The molecule has 0 fully saturated rings. The number of hydrogen-bond donors (Lipinski definition) is 0. The molecule has 4 aromatic carbocycles. The van der Waals surface area contributed by atoms with Crippen molar-refractivity contribution in [2.24, 2.45) is 0 Å². The highest BCUT2D eigenvalue weighted by Gasteiger charge is 2.09. The molecule has 0 amide bonds. The molecule has 0 spiro atoms. The second-order valence-electron chi connectivity index (χ2n) is 5.72. The molecule has 116 valence electrons. The van der Waals surface area contributed by atoms with Gasteiger partial charge in [-0.15, -0.1) is 0 Å². The van der Waals surface area contributed by atoms with Crippen molar-refractivity contribution in [2.45, 2.75) is 0 Å². The van der Waals surface area contributed by atoms with Gasteiger partial charge < -0.3 is 0 Å². The van der Waals surface area contributed by atoms with Crippen molar-refractivity contribution < 1.29 is 0 Å². The van der Waals surface area contributed by atoms with E-state index in [9.17, 15) is 0 Å². The average Bonchev–Trinajstić information content (AvgIpc) is 2.62. The van der Waals surface area contributed by atoms with Crippen molar-refractivity contribution in [1.29, 1.82) is 0 Å². The van der Waals surface area contributed by atoms with Gasteiger partial charge in [-0.05, 0) is 57.3 Å². The van der Waals surface area contributed by atoms with Crippen LogP contribution in [0.5, 0.6) is 0 Å². The second-order valence-corrected chi connectivity index (χ2v) is 7.55. The molecule has 0 N–H and O–H groups in total. The van der Waals surface area contributed by atoms with Crippen LogP contribution in [0.15, 0.2) is 93.9 Å². The summed E-state index contributed by atoms with van der Waals surface area (Å²) >= 11 is 7.02. The smallest absolute Gasteiger partial charge is 0.0175 e. The summed E-state index contributed by atoms with van der Waals surface area (Å²) < 4.78 is 2.20. The Kier molecular flexibility index (Phi) is 4.26. The summed E-state index contributed by atoms with van der Waals surface area (Å²) in [5.41, 5.74) is 4.99. The van der Waals surface area contributed by atoms with Gasteiger partial charge in [0.15, 0.2) is 0 Å². The molecule has 0 aromatic heterocycles. The van der Waals surface area contributed by atoms with Gasteiger partial charge >= 0.3 is 0 Å². The summed E-state index contributed by atoms with van der Waals surface area (Å²) in [5.74, 6) is 0. The Morgan fingerprint density at radius 2 is 0.792 bits per heavy atom. The predicted octanol–water partition coefficient (Wildman–Crippen LogP) is 7.70. The fourth-order valence-electron chi connectivity index (χ4n) is 3.06. The molecular formula is C22H14Br2. The topological polar surface area (TPSA) is 0 Å². The molecular weight excluding hydrogens is 424 g/mol. The summed E-state index contributed by atoms with van der Waals surface area (Å²) in [6, 6.07) is 30.1. The quantitative estimate of drug-likeness (QED) is 0.301. The van der Waals surface area contributed by atoms with Crippen LogP contribution < -0.4 is 0 Å². The normalized spacial score (nSPS) is 10.9. The molecule has 0 saturated heterocycles. The molecule has 0 atom stereocenters. The Balaban J connectivity index is 1.95. The highest BCUT2D eigenvalue weighted by atomic mass is 79.9. The van der Waals surface area contributed by atoms with E-state index in [4.69, 9.17) is 0 Å². The van der Waals surface area contributed by atoms with E-state index in [-0.39, 0.29) is 0 Å². The lowest BCUT2D eigenvalue weighted by molar-refractivity contribution is 1.60. The van der Waals surface area contributed by atoms with E-state index < -0.39 is 0 Å². The molecule has 0 nitrogen and oxygen atoms in total. The van der Waals surface area contributed by atoms with Crippen LogP contribution >= 0.6 is 31.9 Å². The fourth-order valence-corrected chi connectivity index (χ4v) is 3.59. The highest BCUT2D eigenvalue weighted by Crippen LogP contribution is 2.36. The van der Waals surface area contributed by atoms with E-state index >= 15 is 0 Å². The van der Waals surface area contributed by atoms with Crippen LogP contribution in [-0.4, -0.2) is 0 Å². The number of hydrogen-bond acceptors (Lipinski definition) is 0. The minimum atomic E-state index is 1.10. The molecule has 4 aromatic rings. The monoisotopic (exact) mass is 436 g/mol. The van der Waals surface area contributed by atoms with Crippen molar-refractivity contribution in [3.8, 4) is 22.3 Å². The van der Waals surface area contributed by atoms with Crippen LogP contribution in [0.1, 0.15) is 0 Å². The van der Waals surface area contributed by atoms with Gasteiger partial charge in [0.1, 0.15) is 0 Å². The minimum absolute atomic E-state index is 1.10. The molecule has 24 heavy (non-hydrogen) atoms. The van der Waals surface area contributed by atoms with E-state index in [0.717, 1.165) is 8.95 Å².